The normalized spacial score (nSPS) is 10.9. The highest BCUT2D eigenvalue weighted by atomic mass is 19.2. The van der Waals surface area contributed by atoms with Crippen LogP contribution >= 0.6 is 0 Å². The van der Waals surface area contributed by atoms with Crippen LogP contribution in [0.4, 0.5) is 14.5 Å². The lowest BCUT2D eigenvalue weighted by atomic mass is 10.1. The molecule has 0 aliphatic carbocycles. The molecule has 0 atom stereocenters. The van der Waals surface area contributed by atoms with Crippen LogP contribution in [0.3, 0.4) is 0 Å². The Morgan fingerprint density at radius 3 is 2.70 bits per heavy atom. The van der Waals surface area contributed by atoms with Crippen molar-refractivity contribution in [1.82, 2.24) is 0 Å². The number of furan rings is 1. The molecule has 5 heteroatoms. The molecule has 0 unspecified atom stereocenters. The van der Waals surface area contributed by atoms with Gasteiger partial charge in [-0.15, -0.1) is 0 Å². The summed E-state index contributed by atoms with van der Waals surface area (Å²) in [7, 11) is 0. The Morgan fingerprint density at radius 2 is 1.96 bits per heavy atom. The number of aryl methyl sites for hydroxylation is 1. The molecule has 0 aliphatic heterocycles. The maximum atomic E-state index is 13.1. The molecule has 0 fully saturated rings. The van der Waals surface area contributed by atoms with Crippen molar-refractivity contribution in [3.05, 3.63) is 65.4 Å². The van der Waals surface area contributed by atoms with Crippen LogP contribution in [-0.4, -0.2) is 5.91 Å². The molecule has 1 aromatic heterocycles. The third-order valence-corrected chi connectivity index (χ3v) is 3.68. The van der Waals surface area contributed by atoms with Crippen molar-refractivity contribution in [3.63, 3.8) is 0 Å². The van der Waals surface area contributed by atoms with Crippen LogP contribution in [0, 0.1) is 11.6 Å². The molecule has 23 heavy (non-hydrogen) atoms. The second-order valence-corrected chi connectivity index (χ2v) is 5.30. The molecule has 118 valence electrons. The molecular formula is C18H15F2NO2. The highest BCUT2D eigenvalue weighted by molar-refractivity contribution is 5.95. The second-order valence-electron chi connectivity index (χ2n) is 5.30. The van der Waals surface area contributed by atoms with Crippen molar-refractivity contribution >= 4 is 22.6 Å². The monoisotopic (exact) mass is 315 g/mol. The van der Waals surface area contributed by atoms with Crippen LogP contribution in [0.2, 0.25) is 0 Å². The van der Waals surface area contributed by atoms with Crippen molar-refractivity contribution < 1.29 is 18.0 Å². The fourth-order valence-electron chi connectivity index (χ4n) is 2.44. The minimum Gasteiger partial charge on any atom is -0.464 e. The van der Waals surface area contributed by atoms with Gasteiger partial charge < -0.3 is 9.73 Å². The van der Waals surface area contributed by atoms with Gasteiger partial charge in [-0.1, -0.05) is 19.1 Å². The molecular weight excluding hydrogens is 300 g/mol. The van der Waals surface area contributed by atoms with Crippen molar-refractivity contribution in [3.8, 4) is 0 Å². The zero-order valence-corrected chi connectivity index (χ0v) is 12.5. The number of rotatable bonds is 4. The molecule has 0 spiro atoms. The number of anilines is 1. The summed E-state index contributed by atoms with van der Waals surface area (Å²) in [5.74, 6) is -2.27. The van der Waals surface area contributed by atoms with E-state index in [0.29, 0.717) is 0 Å². The second kappa shape index (κ2) is 6.20. The Balaban J connectivity index is 1.76. The van der Waals surface area contributed by atoms with E-state index in [0.717, 1.165) is 40.6 Å². The summed E-state index contributed by atoms with van der Waals surface area (Å²) in [5.41, 5.74) is 2.86. The average molecular weight is 315 g/mol. The molecule has 1 N–H and O–H groups in total. The SMILES string of the molecule is CCc1ccc2c(CC(=O)Nc3ccc(F)c(F)c3)coc2c1. The Hall–Kier alpha value is -2.69. The minimum atomic E-state index is -0.997. The summed E-state index contributed by atoms with van der Waals surface area (Å²) in [6.45, 7) is 2.06. The van der Waals surface area contributed by atoms with Crippen LogP contribution in [-0.2, 0) is 17.6 Å². The largest absolute Gasteiger partial charge is 0.464 e. The third-order valence-electron chi connectivity index (χ3n) is 3.68. The lowest BCUT2D eigenvalue weighted by Crippen LogP contribution is -2.14. The number of nitrogens with one attached hydrogen (secondary N) is 1. The molecule has 3 rings (SSSR count). The van der Waals surface area contributed by atoms with Gasteiger partial charge in [0.15, 0.2) is 11.6 Å². The van der Waals surface area contributed by atoms with Crippen LogP contribution in [0.15, 0.2) is 47.1 Å². The molecule has 0 saturated carbocycles. The summed E-state index contributed by atoms with van der Waals surface area (Å²) in [6, 6.07) is 9.12. The number of benzene rings is 2. The first-order valence-electron chi connectivity index (χ1n) is 7.30. The predicted octanol–water partition coefficient (Wildman–Crippen LogP) is 4.45. The summed E-state index contributed by atoms with van der Waals surface area (Å²) in [5, 5.41) is 3.43. The minimum absolute atomic E-state index is 0.0947. The quantitative estimate of drug-likeness (QED) is 0.772. The molecule has 0 aliphatic rings. The van der Waals surface area contributed by atoms with Gasteiger partial charge >= 0.3 is 0 Å². The first-order chi connectivity index (χ1) is 11.1. The molecule has 0 bridgehead atoms. The summed E-state index contributed by atoms with van der Waals surface area (Å²) in [6.07, 6.45) is 2.55. The Kier molecular flexibility index (Phi) is 4.10. The van der Waals surface area contributed by atoms with Gasteiger partial charge in [0.05, 0.1) is 12.7 Å². The van der Waals surface area contributed by atoms with Gasteiger partial charge in [-0.05, 0) is 30.2 Å². The third kappa shape index (κ3) is 3.23. The standard InChI is InChI=1S/C18H15F2NO2/c1-2-11-3-5-14-12(10-23-17(14)7-11)8-18(22)21-13-4-6-15(19)16(20)9-13/h3-7,9-10H,2,8H2,1H3,(H,21,22). The lowest BCUT2D eigenvalue weighted by molar-refractivity contribution is -0.115. The highest BCUT2D eigenvalue weighted by Crippen LogP contribution is 2.23. The number of halogens is 2. The number of hydrogen-bond donors (Lipinski definition) is 1. The van der Waals surface area contributed by atoms with Gasteiger partial charge in [0.2, 0.25) is 5.91 Å². The summed E-state index contributed by atoms with van der Waals surface area (Å²) >= 11 is 0. The van der Waals surface area contributed by atoms with E-state index >= 15 is 0 Å². The molecule has 3 nitrogen and oxygen atoms in total. The lowest BCUT2D eigenvalue weighted by Gasteiger charge is -2.05. The number of carbonyl (C=O) groups excluding carboxylic acids is 1. The van der Waals surface area contributed by atoms with E-state index in [9.17, 15) is 13.6 Å². The molecule has 0 radical (unpaired) electrons. The number of amides is 1. The van der Waals surface area contributed by atoms with E-state index < -0.39 is 11.6 Å². The zero-order valence-electron chi connectivity index (χ0n) is 12.5. The van der Waals surface area contributed by atoms with E-state index in [4.69, 9.17) is 4.42 Å². The predicted molar refractivity (Wildman–Crippen MR) is 84.3 cm³/mol. The van der Waals surface area contributed by atoms with Crippen molar-refractivity contribution in [2.24, 2.45) is 0 Å². The summed E-state index contributed by atoms with van der Waals surface area (Å²) < 4.78 is 31.5. The van der Waals surface area contributed by atoms with E-state index in [-0.39, 0.29) is 18.0 Å². The number of hydrogen-bond acceptors (Lipinski definition) is 2. The van der Waals surface area contributed by atoms with Gasteiger partial charge in [0.25, 0.3) is 0 Å². The number of fused-ring (bicyclic) bond motifs is 1. The topological polar surface area (TPSA) is 42.2 Å². The van der Waals surface area contributed by atoms with Crippen LogP contribution < -0.4 is 5.32 Å². The van der Waals surface area contributed by atoms with Crippen LogP contribution in [0.1, 0.15) is 18.1 Å². The van der Waals surface area contributed by atoms with Crippen LogP contribution in [0.25, 0.3) is 11.0 Å². The average Bonchev–Trinajstić information content (AvgIpc) is 2.93. The fraction of sp³-hybridized carbons (Fsp3) is 0.167. The first-order valence-corrected chi connectivity index (χ1v) is 7.30. The van der Waals surface area contributed by atoms with E-state index in [1.807, 2.05) is 18.2 Å². The molecule has 1 amide bonds. The first kappa shape index (κ1) is 15.2. The molecule has 0 saturated heterocycles. The van der Waals surface area contributed by atoms with Gasteiger partial charge in [-0.3, -0.25) is 4.79 Å². The van der Waals surface area contributed by atoms with E-state index in [1.165, 1.54) is 6.07 Å². The maximum Gasteiger partial charge on any atom is 0.228 e. The van der Waals surface area contributed by atoms with Crippen molar-refractivity contribution in [2.75, 3.05) is 5.32 Å². The maximum absolute atomic E-state index is 13.1. The van der Waals surface area contributed by atoms with Gasteiger partial charge in [0.1, 0.15) is 5.58 Å². The zero-order chi connectivity index (χ0) is 16.4. The highest BCUT2D eigenvalue weighted by Gasteiger charge is 2.12. The van der Waals surface area contributed by atoms with Crippen molar-refractivity contribution in [2.45, 2.75) is 19.8 Å². The van der Waals surface area contributed by atoms with Crippen LogP contribution in [0.5, 0.6) is 0 Å². The summed E-state index contributed by atoms with van der Waals surface area (Å²) in [4.78, 5) is 12.1. The van der Waals surface area contributed by atoms with Gasteiger partial charge in [-0.2, -0.15) is 0 Å². The molecule has 1 heterocycles. The number of carbonyl (C=O) groups is 1. The van der Waals surface area contributed by atoms with E-state index in [1.54, 1.807) is 6.26 Å². The Morgan fingerprint density at radius 1 is 1.13 bits per heavy atom. The van der Waals surface area contributed by atoms with Gasteiger partial charge in [0, 0.05) is 22.7 Å². The Bertz CT molecular complexity index is 871. The van der Waals surface area contributed by atoms with Gasteiger partial charge in [-0.25, -0.2) is 8.78 Å². The molecule has 3 aromatic rings. The van der Waals surface area contributed by atoms with E-state index in [2.05, 4.69) is 12.2 Å². The van der Waals surface area contributed by atoms with Crippen molar-refractivity contribution in [1.29, 1.82) is 0 Å². The fourth-order valence-corrected chi connectivity index (χ4v) is 2.44. The smallest absolute Gasteiger partial charge is 0.228 e. The molecule has 2 aromatic carbocycles. The Labute approximate surface area is 131 Å².